The van der Waals surface area contributed by atoms with E-state index in [-0.39, 0.29) is 11.9 Å². The van der Waals surface area contributed by atoms with Crippen LogP contribution >= 0.6 is 0 Å². The summed E-state index contributed by atoms with van der Waals surface area (Å²) in [6, 6.07) is -0.0262. The van der Waals surface area contributed by atoms with Crippen molar-refractivity contribution in [2.75, 3.05) is 19.6 Å². The van der Waals surface area contributed by atoms with Crippen molar-refractivity contribution in [1.82, 2.24) is 10.2 Å². The molecule has 4 nitrogen and oxygen atoms in total. The lowest BCUT2D eigenvalue weighted by atomic mass is 10.0. The van der Waals surface area contributed by atoms with Gasteiger partial charge in [-0.2, -0.15) is 0 Å². The van der Waals surface area contributed by atoms with E-state index < -0.39 is 0 Å². The van der Waals surface area contributed by atoms with Crippen molar-refractivity contribution in [3.63, 3.8) is 0 Å². The lowest BCUT2D eigenvalue weighted by molar-refractivity contribution is -0.123. The number of amides is 1. The van der Waals surface area contributed by atoms with Gasteiger partial charge in [-0.3, -0.25) is 4.79 Å². The first kappa shape index (κ1) is 16.4. The molecule has 0 spiro atoms. The van der Waals surface area contributed by atoms with Crippen LogP contribution in [0.5, 0.6) is 0 Å². The minimum atomic E-state index is -0.349. The first-order valence-corrected chi connectivity index (χ1v) is 7.81. The second-order valence-electron chi connectivity index (χ2n) is 6.21. The van der Waals surface area contributed by atoms with E-state index >= 15 is 0 Å². The predicted octanol–water partition coefficient (Wildman–Crippen LogP) is 1.74. The van der Waals surface area contributed by atoms with Crippen LogP contribution in [0.15, 0.2) is 0 Å². The molecule has 1 heterocycles. The number of rotatable bonds is 7. The van der Waals surface area contributed by atoms with Gasteiger partial charge < -0.3 is 16.0 Å². The Morgan fingerprint density at radius 2 is 2.00 bits per heavy atom. The van der Waals surface area contributed by atoms with E-state index in [1.807, 2.05) is 0 Å². The fourth-order valence-corrected chi connectivity index (χ4v) is 2.61. The van der Waals surface area contributed by atoms with Gasteiger partial charge in [0.25, 0.3) is 0 Å². The van der Waals surface area contributed by atoms with Gasteiger partial charge in [0.1, 0.15) is 0 Å². The zero-order valence-corrected chi connectivity index (χ0v) is 12.8. The highest BCUT2D eigenvalue weighted by atomic mass is 16.2. The molecule has 0 aromatic carbocycles. The van der Waals surface area contributed by atoms with Crippen LogP contribution < -0.4 is 11.1 Å². The summed E-state index contributed by atoms with van der Waals surface area (Å²) in [5.74, 6) is 0.498. The SMILES string of the molecule is CCCCN1CCC(NC(=O)[C@H](N)CC(C)C)CC1. The number of nitrogens with one attached hydrogen (secondary N) is 1. The number of nitrogens with zero attached hydrogens (tertiary/aromatic N) is 1. The minimum absolute atomic E-state index is 0.0284. The van der Waals surface area contributed by atoms with Gasteiger partial charge in [-0.1, -0.05) is 27.2 Å². The second kappa shape index (κ2) is 8.54. The topological polar surface area (TPSA) is 58.4 Å². The average Bonchev–Trinajstić information content (AvgIpc) is 2.37. The highest BCUT2D eigenvalue weighted by Gasteiger charge is 2.22. The molecule has 1 amide bonds. The maximum Gasteiger partial charge on any atom is 0.237 e. The van der Waals surface area contributed by atoms with E-state index in [4.69, 9.17) is 5.73 Å². The Hall–Kier alpha value is -0.610. The lowest BCUT2D eigenvalue weighted by Crippen LogP contribution is -2.50. The highest BCUT2D eigenvalue weighted by molar-refractivity contribution is 5.81. The number of likely N-dealkylation sites (tertiary alicyclic amines) is 1. The van der Waals surface area contributed by atoms with Crippen LogP contribution in [-0.2, 0) is 4.79 Å². The van der Waals surface area contributed by atoms with Crippen molar-refractivity contribution in [2.45, 2.75) is 65.0 Å². The largest absolute Gasteiger partial charge is 0.352 e. The molecule has 0 unspecified atom stereocenters. The van der Waals surface area contributed by atoms with E-state index in [1.54, 1.807) is 0 Å². The van der Waals surface area contributed by atoms with Crippen molar-refractivity contribution in [3.05, 3.63) is 0 Å². The third-order valence-corrected chi connectivity index (χ3v) is 3.82. The molecule has 3 N–H and O–H groups in total. The van der Waals surface area contributed by atoms with Crippen molar-refractivity contribution >= 4 is 5.91 Å². The zero-order chi connectivity index (χ0) is 14.3. The summed E-state index contributed by atoms with van der Waals surface area (Å²) in [7, 11) is 0. The van der Waals surface area contributed by atoms with Gasteiger partial charge in [-0.05, 0) is 38.1 Å². The molecule has 0 bridgehead atoms. The molecule has 112 valence electrons. The standard InChI is InChI=1S/C15H31N3O/c1-4-5-8-18-9-6-13(7-10-18)17-15(19)14(16)11-12(2)3/h12-14H,4-11,16H2,1-3H3,(H,17,19)/t14-/m1/s1. The lowest BCUT2D eigenvalue weighted by Gasteiger charge is -2.32. The molecule has 1 aliphatic rings. The molecule has 1 fully saturated rings. The minimum Gasteiger partial charge on any atom is -0.352 e. The molecule has 0 saturated carbocycles. The van der Waals surface area contributed by atoms with E-state index in [2.05, 4.69) is 31.0 Å². The van der Waals surface area contributed by atoms with Crippen LogP contribution in [0, 0.1) is 5.92 Å². The maximum absolute atomic E-state index is 12.0. The van der Waals surface area contributed by atoms with Gasteiger partial charge in [-0.25, -0.2) is 0 Å². The fraction of sp³-hybridized carbons (Fsp3) is 0.933. The van der Waals surface area contributed by atoms with Crippen LogP contribution in [0.3, 0.4) is 0 Å². The van der Waals surface area contributed by atoms with Crippen molar-refractivity contribution in [1.29, 1.82) is 0 Å². The Bertz CT molecular complexity index is 260. The van der Waals surface area contributed by atoms with Crippen LogP contribution in [0.2, 0.25) is 0 Å². The zero-order valence-electron chi connectivity index (χ0n) is 12.8. The molecule has 1 saturated heterocycles. The van der Waals surface area contributed by atoms with E-state index in [1.165, 1.54) is 19.4 Å². The van der Waals surface area contributed by atoms with E-state index in [9.17, 15) is 4.79 Å². The number of carbonyl (C=O) groups excluding carboxylic acids is 1. The summed E-state index contributed by atoms with van der Waals surface area (Å²) in [5.41, 5.74) is 5.91. The summed E-state index contributed by atoms with van der Waals surface area (Å²) >= 11 is 0. The number of nitrogens with two attached hydrogens (primary N) is 1. The first-order chi connectivity index (χ1) is 9.02. The quantitative estimate of drug-likeness (QED) is 0.740. The smallest absolute Gasteiger partial charge is 0.237 e. The van der Waals surface area contributed by atoms with Crippen molar-refractivity contribution < 1.29 is 4.79 Å². The summed E-state index contributed by atoms with van der Waals surface area (Å²) in [6.07, 6.45) is 5.41. The third kappa shape index (κ3) is 6.39. The normalized spacial score (nSPS) is 19.6. The van der Waals surface area contributed by atoms with Gasteiger partial charge in [-0.15, -0.1) is 0 Å². The number of hydrogen-bond donors (Lipinski definition) is 2. The molecular formula is C15H31N3O. The second-order valence-corrected chi connectivity index (χ2v) is 6.21. The van der Waals surface area contributed by atoms with Crippen LogP contribution in [-0.4, -0.2) is 42.5 Å². The molecule has 0 radical (unpaired) electrons. The monoisotopic (exact) mass is 269 g/mol. The van der Waals surface area contributed by atoms with Crippen molar-refractivity contribution in [2.24, 2.45) is 11.7 Å². The number of hydrogen-bond acceptors (Lipinski definition) is 3. The third-order valence-electron chi connectivity index (χ3n) is 3.82. The van der Waals surface area contributed by atoms with Crippen LogP contribution in [0.25, 0.3) is 0 Å². The van der Waals surface area contributed by atoms with Crippen molar-refractivity contribution in [3.8, 4) is 0 Å². The van der Waals surface area contributed by atoms with Gasteiger partial charge >= 0.3 is 0 Å². The Labute approximate surface area is 118 Å². The highest BCUT2D eigenvalue weighted by Crippen LogP contribution is 2.12. The molecule has 0 aromatic rings. The maximum atomic E-state index is 12.0. The molecule has 19 heavy (non-hydrogen) atoms. The summed E-state index contributed by atoms with van der Waals surface area (Å²) in [4.78, 5) is 14.5. The van der Waals surface area contributed by atoms with Gasteiger partial charge in [0, 0.05) is 19.1 Å². The molecule has 1 aliphatic heterocycles. The van der Waals surface area contributed by atoms with E-state index in [0.29, 0.717) is 12.0 Å². The Balaban J connectivity index is 2.23. The Morgan fingerprint density at radius 1 is 1.37 bits per heavy atom. The summed E-state index contributed by atoms with van der Waals surface area (Å²) in [6.45, 7) is 9.82. The number of unbranched alkanes of at least 4 members (excludes halogenated alkanes) is 1. The molecule has 0 aliphatic carbocycles. The fourth-order valence-electron chi connectivity index (χ4n) is 2.61. The summed E-state index contributed by atoms with van der Waals surface area (Å²) in [5, 5.41) is 3.11. The summed E-state index contributed by atoms with van der Waals surface area (Å²) < 4.78 is 0. The molecule has 1 rings (SSSR count). The number of piperidine rings is 1. The van der Waals surface area contributed by atoms with Gasteiger partial charge in [0.15, 0.2) is 0 Å². The average molecular weight is 269 g/mol. The molecule has 1 atom stereocenters. The van der Waals surface area contributed by atoms with Gasteiger partial charge in [0.05, 0.1) is 6.04 Å². The number of carbonyl (C=O) groups is 1. The molecule has 4 heteroatoms. The molecule has 0 aromatic heterocycles. The van der Waals surface area contributed by atoms with Gasteiger partial charge in [0.2, 0.25) is 5.91 Å². The first-order valence-electron chi connectivity index (χ1n) is 7.81. The van der Waals surface area contributed by atoms with Crippen LogP contribution in [0.1, 0.15) is 52.9 Å². The van der Waals surface area contributed by atoms with E-state index in [0.717, 1.165) is 32.4 Å². The predicted molar refractivity (Wildman–Crippen MR) is 79.9 cm³/mol. The Morgan fingerprint density at radius 3 is 2.53 bits per heavy atom. The Kier molecular flexibility index (Phi) is 7.39. The molecular weight excluding hydrogens is 238 g/mol. The van der Waals surface area contributed by atoms with Crippen LogP contribution in [0.4, 0.5) is 0 Å².